The van der Waals surface area contributed by atoms with Gasteiger partial charge in [-0.2, -0.15) is 0 Å². The molecule has 0 spiro atoms. The number of nitrogens with two attached hydrogens (primary N) is 1. The molecule has 1 aromatic carbocycles. The summed E-state index contributed by atoms with van der Waals surface area (Å²) in [6.07, 6.45) is 8.44. The molecule has 1 unspecified atom stereocenters. The van der Waals surface area contributed by atoms with Crippen molar-refractivity contribution in [3.63, 3.8) is 0 Å². The number of unbranched alkanes of at least 4 members (excludes halogenated alkanes) is 3. The molecule has 0 saturated heterocycles. The second kappa shape index (κ2) is 10.6. The van der Waals surface area contributed by atoms with E-state index in [0.717, 1.165) is 49.0 Å². The molecule has 1 aliphatic rings. The highest BCUT2D eigenvalue weighted by Gasteiger charge is 2.16. The van der Waals surface area contributed by atoms with E-state index in [-0.39, 0.29) is 12.0 Å². The Kier molecular flexibility index (Phi) is 8.09. The minimum Gasteiger partial charge on any atom is -0.494 e. The molecule has 0 aromatic heterocycles. The molecule has 0 bridgehead atoms. The summed E-state index contributed by atoms with van der Waals surface area (Å²) in [5.74, 6) is 0.490. The summed E-state index contributed by atoms with van der Waals surface area (Å²) in [6, 6.07) is 8.03. The van der Waals surface area contributed by atoms with Crippen LogP contribution in [0.2, 0.25) is 0 Å². The normalized spacial score (nSPS) is 16.7. The van der Waals surface area contributed by atoms with Crippen LogP contribution in [0.3, 0.4) is 0 Å². The van der Waals surface area contributed by atoms with E-state index in [4.69, 9.17) is 20.6 Å². The molecular formula is C21H28N2O3. The fourth-order valence-electron chi connectivity index (χ4n) is 2.91. The Labute approximate surface area is 155 Å². The number of carbonyl (C=O) groups excluding carboxylic acids is 1. The summed E-state index contributed by atoms with van der Waals surface area (Å²) in [5, 5.41) is 7.83. The van der Waals surface area contributed by atoms with Gasteiger partial charge in [-0.1, -0.05) is 18.7 Å². The maximum Gasteiger partial charge on any atom is 0.330 e. The van der Waals surface area contributed by atoms with Crippen molar-refractivity contribution in [3.05, 3.63) is 48.6 Å². The largest absolute Gasteiger partial charge is 0.494 e. The molecule has 5 nitrogen and oxygen atoms in total. The maximum absolute atomic E-state index is 10.9. The van der Waals surface area contributed by atoms with E-state index in [1.54, 1.807) is 0 Å². The van der Waals surface area contributed by atoms with Gasteiger partial charge < -0.3 is 20.6 Å². The zero-order valence-corrected chi connectivity index (χ0v) is 15.2. The smallest absolute Gasteiger partial charge is 0.330 e. The van der Waals surface area contributed by atoms with Crippen LogP contribution in [0.15, 0.2) is 43.0 Å². The second-order valence-electron chi connectivity index (χ2n) is 6.52. The number of esters is 1. The first kappa shape index (κ1) is 19.9. The van der Waals surface area contributed by atoms with Crippen LogP contribution in [-0.4, -0.2) is 30.9 Å². The van der Waals surface area contributed by atoms with E-state index in [2.05, 4.69) is 6.58 Å². The van der Waals surface area contributed by atoms with Crippen LogP contribution in [0.5, 0.6) is 5.75 Å². The highest BCUT2D eigenvalue weighted by molar-refractivity contribution is 6.00. The standard InChI is InChI=1S/C21H28N2O3/c1-2-21(24)26-12-6-4-3-5-11-25-20-9-7-16(8-10-20)17-13-18(22)15-19(23)14-17/h2,7-10,13,19,22H,1,3-6,11-12,14-15,23H2. The van der Waals surface area contributed by atoms with Crippen LogP contribution in [0, 0.1) is 5.41 Å². The van der Waals surface area contributed by atoms with Crippen LogP contribution in [0.1, 0.15) is 44.1 Å². The first-order valence-corrected chi connectivity index (χ1v) is 9.14. The Morgan fingerprint density at radius 3 is 2.50 bits per heavy atom. The lowest BCUT2D eigenvalue weighted by molar-refractivity contribution is -0.137. The summed E-state index contributed by atoms with van der Waals surface area (Å²) in [7, 11) is 0. The Bertz CT molecular complexity index is 650. The molecule has 2 rings (SSSR count). The fourth-order valence-corrected chi connectivity index (χ4v) is 2.91. The number of allylic oxidation sites excluding steroid dienone is 1. The summed E-state index contributed by atoms with van der Waals surface area (Å²) in [5.41, 5.74) is 8.82. The van der Waals surface area contributed by atoms with Crippen molar-refractivity contribution in [3.8, 4) is 5.75 Å². The van der Waals surface area contributed by atoms with Crippen molar-refractivity contribution < 1.29 is 14.3 Å². The fraction of sp³-hybridized carbons (Fsp3) is 0.429. The van der Waals surface area contributed by atoms with Gasteiger partial charge in [-0.05, 0) is 61.4 Å². The van der Waals surface area contributed by atoms with Gasteiger partial charge in [0.15, 0.2) is 0 Å². The second-order valence-corrected chi connectivity index (χ2v) is 6.52. The van der Waals surface area contributed by atoms with E-state index in [0.29, 0.717) is 25.3 Å². The van der Waals surface area contributed by atoms with Gasteiger partial charge in [0.05, 0.1) is 13.2 Å². The molecule has 1 atom stereocenters. The number of hydrogen-bond acceptors (Lipinski definition) is 5. The van der Waals surface area contributed by atoms with E-state index >= 15 is 0 Å². The van der Waals surface area contributed by atoms with Gasteiger partial charge >= 0.3 is 5.97 Å². The summed E-state index contributed by atoms with van der Waals surface area (Å²) >= 11 is 0. The Balaban J connectivity index is 1.64. The molecule has 0 amide bonds. The van der Waals surface area contributed by atoms with Crippen molar-refractivity contribution in [1.29, 1.82) is 5.41 Å². The van der Waals surface area contributed by atoms with Gasteiger partial charge in [0.1, 0.15) is 5.75 Å². The molecule has 140 valence electrons. The van der Waals surface area contributed by atoms with Crippen molar-refractivity contribution in [2.24, 2.45) is 5.73 Å². The van der Waals surface area contributed by atoms with E-state index < -0.39 is 0 Å². The lowest BCUT2D eigenvalue weighted by Gasteiger charge is -2.20. The van der Waals surface area contributed by atoms with Crippen LogP contribution in [-0.2, 0) is 9.53 Å². The Morgan fingerprint density at radius 2 is 1.85 bits per heavy atom. The monoisotopic (exact) mass is 356 g/mol. The molecule has 0 heterocycles. The van der Waals surface area contributed by atoms with E-state index in [1.165, 1.54) is 6.08 Å². The molecule has 5 heteroatoms. The predicted octanol–water partition coefficient (Wildman–Crippen LogP) is 3.88. The van der Waals surface area contributed by atoms with Gasteiger partial charge in [-0.3, -0.25) is 0 Å². The topological polar surface area (TPSA) is 85.4 Å². The average Bonchev–Trinajstić information content (AvgIpc) is 2.63. The van der Waals surface area contributed by atoms with Gasteiger partial charge in [0.25, 0.3) is 0 Å². The zero-order chi connectivity index (χ0) is 18.8. The number of carbonyl (C=O) groups is 1. The minimum atomic E-state index is -0.361. The number of rotatable bonds is 10. The molecule has 26 heavy (non-hydrogen) atoms. The molecule has 0 radical (unpaired) electrons. The number of hydrogen-bond donors (Lipinski definition) is 2. The first-order valence-electron chi connectivity index (χ1n) is 9.14. The van der Waals surface area contributed by atoms with Crippen molar-refractivity contribution in [2.45, 2.75) is 44.6 Å². The van der Waals surface area contributed by atoms with Gasteiger partial charge in [0.2, 0.25) is 0 Å². The van der Waals surface area contributed by atoms with Crippen molar-refractivity contribution in [2.75, 3.05) is 13.2 Å². The van der Waals surface area contributed by atoms with Crippen molar-refractivity contribution >= 4 is 17.3 Å². The van der Waals surface area contributed by atoms with Gasteiger partial charge in [-0.15, -0.1) is 0 Å². The molecule has 1 aromatic rings. The third-order valence-electron chi connectivity index (χ3n) is 4.26. The number of benzene rings is 1. The molecule has 1 aliphatic carbocycles. The lowest BCUT2D eigenvalue weighted by Crippen LogP contribution is -2.26. The van der Waals surface area contributed by atoms with E-state index in [9.17, 15) is 4.79 Å². The SMILES string of the molecule is C=CC(=O)OCCCCCCOc1ccc(C2=CC(=N)CC(N)C2)cc1. The number of ether oxygens (including phenoxy) is 2. The predicted molar refractivity (Wildman–Crippen MR) is 104 cm³/mol. The molecule has 0 fully saturated rings. The van der Waals surface area contributed by atoms with Gasteiger partial charge in [-0.25, -0.2) is 4.79 Å². The van der Waals surface area contributed by atoms with Gasteiger partial charge in [0, 0.05) is 24.3 Å². The van der Waals surface area contributed by atoms with Crippen LogP contribution in [0.25, 0.3) is 5.57 Å². The highest BCUT2D eigenvalue weighted by atomic mass is 16.5. The number of nitrogens with one attached hydrogen (secondary N) is 1. The average molecular weight is 356 g/mol. The lowest BCUT2D eigenvalue weighted by atomic mass is 9.89. The van der Waals surface area contributed by atoms with Crippen LogP contribution in [0.4, 0.5) is 0 Å². The van der Waals surface area contributed by atoms with Crippen LogP contribution >= 0.6 is 0 Å². The highest BCUT2D eigenvalue weighted by Crippen LogP contribution is 2.26. The first-order chi connectivity index (χ1) is 12.6. The Morgan fingerprint density at radius 1 is 1.15 bits per heavy atom. The molecule has 0 saturated carbocycles. The zero-order valence-electron chi connectivity index (χ0n) is 15.2. The van der Waals surface area contributed by atoms with Crippen LogP contribution < -0.4 is 10.5 Å². The maximum atomic E-state index is 10.9. The minimum absolute atomic E-state index is 0.0405. The summed E-state index contributed by atoms with van der Waals surface area (Å²) < 4.78 is 10.7. The third-order valence-corrected chi connectivity index (χ3v) is 4.26. The Hall–Kier alpha value is -2.40. The van der Waals surface area contributed by atoms with Crippen molar-refractivity contribution in [1.82, 2.24) is 0 Å². The third kappa shape index (κ3) is 6.84. The summed E-state index contributed by atoms with van der Waals surface area (Å²) in [4.78, 5) is 10.9. The quantitative estimate of drug-likeness (QED) is 0.378. The van der Waals surface area contributed by atoms with E-state index in [1.807, 2.05) is 30.3 Å². The summed E-state index contributed by atoms with van der Waals surface area (Å²) in [6.45, 7) is 4.48. The molecule has 0 aliphatic heterocycles. The molecule has 3 N–H and O–H groups in total. The molecular weight excluding hydrogens is 328 g/mol.